The Morgan fingerprint density at radius 1 is 1.19 bits per heavy atom. The van der Waals surface area contributed by atoms with E-state index >= 15 is 0 Å². The smallest absolute Gasteiger partial charge is 0.204 e. The predicted octanol–water partition coefficient (Wildman–Crippen LogP) is 3.79. The highest BCUT2D eigenvalue weighted by Gasteiger charge is 2.13. The molecule has 16 heavy (non-hydrogen) atoms. The fourth-order valence-electron chi connectivity index (χ4n) is 1.32. The zero-order valence-corrected chi connectivity index (χ0v) is 9.25. The lowest BCUT2D eigenvalue weighted by Gasteiger charge is -1.98. The van der Waals surface area contributed by atoms with E-state index in [1.54, 1.807) is 0 Å². The number of aromatic nitrogens is 1. The normalized spacial score (nSPS) is 10.8. The fraction of sp³-hybridized carbons (Fsp3) is 0.182. The summed E-state index contributed by atoms with van der Waals surface area (Å²) in [6, 6.07) is 3.23. The Bertz CT molecular complexity index is 522. The van der Waals surface area contributed by atoms with Gasteiger partial charge in [-0.2, -0.15) is 4.39 Å². The number of nitrogens with zero attached hydrogens (tertiary/aromatic N) is 1. The maximum absolute atomic E-state index is 13.5. The second kappa shape index (κ2) is 4.25. The first-order chi connectivity index (χ1) is 7.61. The molecule has 1 aromatic carbocycles. The average molecular weight is 243 g/mol. The zero-order chi connectivity index (χ0) is 11.7. The molecule has 0 saturated heterocycles. The van der Waals surface area contributed by atoms with Gasteiger partial charge in [0.25, 0.3) is 0 Å². The highest BCUT2D eigenvalue weighted by molar-refractivity contribution is 7.10. The van der Waals surface area contributed by atoms with Crippen molar-refractivity contribution >= 4 is 11.3 Å². The Labute approximate surface area is 94.6 Å². The highest BCUT2D eigenvalue weighted by atomic mass is 32.1. The molecule has 1 nitrogen and oxygen atoms in total. The molecule has 2 aromatic rings. The van der Waals surface area contributed by atoms with Gasteiger partial charge in [-0.1, -0.05) is 18.3 Å². The first kappa shape index (κ1) is 11.1. The third-order valence-corrected chi connectivity index (χ3v) is 3.11. The molecule has 1 heterocycles. The molecular weight excluding hydrogens is 235 g/mol. The molecule has 2 rings (SSSR count). The lowest BCUT2D eigenvalue weighted by molar-refractivity contribution is 0.509. The summed E-state index contributed by atoms with van der Waals surface area (Å²) in [7, 11) is 0. The number of benzene rings is 1. The topological polar surface area (TPSA) is 12.9 Å². The summed E-state index contributed by atoms with van der Waals surface area (Å²) in [6.45, 7) is 1.85. The van der Waals surface area contributed by atoms with Crippen LogP contribution in [0.2, 0.25) is 0 Å². The van der Waals surface area contributed by atoms with E-state index in [-0.39, 0.29) is 11.3 Å². The van der Waals surface area contributed by atoms with Crippen molar-refractivity contribution in [2.24, 2.45) is 0 Å². The van der Waals surface area contributed by atoms with Crippen molar-refractivity contribution in [3.05, 3.63) is 40.0 Å². The Morgan fingerprint density at radius 2 is 1.94 bits per heavy atom. The van der Waals surface area contributed by atoms with E-state index < -0.39 is 16.8 Å². The number of halogens is 3. The minimum Gasteiger partial charge on any atom is -0.238 e. The van der Waals surface area contributed by atoms with Gasteiger partial charge in [-0.05, 0) is 24.6 Å². The molecule has 0 radical (unpaired) electrons. The number of thiazole rings is 1. The number of rotatable bonds is 2. The van der Waals surface area contributed by atoms with Crippen molar-refractivity contribution in [2.45, 2.75) is 13.3 Å². The van der Waals surface area contributed by atoms with Gasteiger partial charge in [0.15, 0.2) is 11.6 Å². The van der Waals surface area contributed by atoms with E-state index in [0.717, 1.165) is 23.5 Å². The minimum atomic E-state index is -0.997. The number of hydrogen-bond donors (Lipinski definition) is 0. The van der Waals surface area contributed by atoms with Gasteiger partial charge in [0.2, 0.25) is 5.13 Å². The third kappa shape index (κ3) is 1.95. The molecule has 0 N–H and O–H groups in total. The summed E-state index contributed by atoms with van der Waals surface area (Å²) in [5.41, 5.74) is 0.341. The number of aryl methyl sites for hydroxylation is 1. The van der Waals surface area contributed by atoms with Crippen LogP contribution in [0.4, 0.5) is 13.2 Å². The molecule has 0 aliphatic carbocycles. The molecule has 1 aromatic heterocycles. The van der Waals surface area contributed by atoms with E-state index in [4.69, 9.17) is 0 Å². The van der Waals surface area contributed by atoms with Crippen molar-refractivity contribution < 1.29 is 13.2 Å². The van der Waals surface area contributed by atoms with Crippen LogP contribution in [0.5, 0.6) is 0 Å². The monoisotopic (exact) mass is 243 g/mol. The summed E-state index contributed by atoms with van der Waals surface area (Å²) in [5.74, 6) is -1.95. The van der Waals surface area contributed by atoms with E-state index in [1.807, 2.05) is 6.92 Å². The van der Waals surface area contributed by atoms with E-state index in [2.05, 4.69) is 4.98 Å². The summed E-state index contributed by atoms with van der Waals surface area (Å²) in [5, 5.41) is 0.167. The molecule has 5 heteroatoms. The van der Waals surface area contributed by atoms with Gasteiger partial charge in [0, 0.05) is 5.56 Å². The minimum absolute atomic E-state index is 0.0840. The molecule has 0 aliphatic heterocycles. The second-order valence-corrected chi connectivity index (χ2v) is 4.25. The molecule has 84 valence electrons. The predicted molar refractivity (Wildman–Crippen MR) is 56.8 cm³/mol. The van der Waals surface area contributed by atoms with Crippen LogP contribution >= 0.6 is 11.3 Å². The first-order valence-corrected chi connectivity index (χ1v) is 5.54. The van der Waals surface area contributed by atoms with Crippen molar-refractivity contribution in [1.82, 2.24) is 4.98 Å². The number of hydrogen-bond acceptors (Lipinski definition) is 2. The van der Waals surface area contributed by atoms with Crippen LogP contribution in [0, 0.1) is 16.8 Å². The van der Waals surface area contributed by atoms with Crippen LogP contribution in [0.15, 0.2) is 18.2 Å². The SMILES string of the molecule is CCc1nc(-c2ccc(F)c(F)c2)c(F)s1. The van der Waals surface area contributed by atoms with Crippen LogP contribution < -0.4 is 0 Å². The Hall–Kier alpha value is -1.36. The second-order valence-electron chi connectivity index (χ2n) is 3.21. The molecule has 0 fully saturated rings. The first-order valence-electron chi connectivity index (χ1n) is 4.72. The molecule has 0 aliphatic rings. The van der Waals surface area contributed by atoms with Crippen LogP contribution in [0.1, 0.15) is 11.9 Å². The third-order valence-electron chi connectivity index (χ3n) is 2.13. The van der Waals surface area contributed by atoms with Gasteiger partial charge in [-0.15, -0.1) is 0 Å². The van der Waals surface area contributed by atoms with E-state index in [9.17, 15) is 13.2 Å². The van der Waals surface area contributed by atoms with E-state index in [1.165, 1.54) is 6.07 Å². The van der Waals surface area contributed by atoms with Crippen LogP contribution in [0.3, 0.4) is 0 Å². The highest BCUT2D eigenvalue weighted by Crippen LogP contribution is 2.27. The molecule has 0 spiro atoms. The fourth-order valence-corrected chi connectivity index (χ4v) is 2.06. The molecule has 0 saturated carbocycles. The van der Waals surface area contributed by atoms with Gasteiger partial charge in [-0.25, -0.2) is 13.8 Å². The molecule has 0 bridgehead atoms. The van der Waals surface area contributed by atoms with Crippen LogP contribution in [-0.2, 0) is 6.42 Å². The maximum Gasteiger partial charge on any atom is 0.204 e. The summed E-state index contributed by atoms with van der Waals surface area (Å²) < 4.78 is 39.1. The molecule has 0 unspecified atom stereocenters. The Kier molecular flexibility index (Phi) is 2.96. The summed E-state index contributed by atoms with van der Waals surface area (Å²) in [6.07, 6.45) is 0.616. The molecule has 0 amide bonds. The van der Waals surface area contributed by atoms with Gasteiger partial charge >= 0.3 is 0 Å². The summed E-state index contributed by atoms with van der Waals surface area (Å²) in [4.78, 5) is 4.02. The standard InChI is InChI=1S/C11H8F3NS/c1-2-9-15-10(11(14)16-9)6-3-4-7(12)8(13)5-6/h3-5H,2H2,1H3. The largest absolute Gasteiger partial charge is 0.238 e. The van der Waals surface area contributed by atoms with Crippen molar-refractivity contribution in [1.29, 1.82) is 0 Å². The maximum atomic E-state index is 13.5. The van der Waals surface area contributed by atoms with Crippen molar-refractivity contribution in [2.75, 3.05) is 0 Å². The molecule has 0 atom stereocenters. The van der Waals surface area contributed by atoms with Gasteiger partial charge in [-0.3, -0.25) is 0 Å². The van der Waals surface area contributed by atoms with Crippen molar-refractivity contribution in [3.8, 4) is 11.3 Å². The quantitative estimate of drug-likeness (QED) is 0.782. The lowest BCUT2D eigenvalue weighted by atomic mass is 10.1. The van der Waals surface area contributed by atoms with Crippen molar-refractivity contribution in [3.63, 3.8) is 0 Å². The zero-order valence-electron chi connectivity index (χ0n) is 8.43. The Balaban J connectivity index is 2.49. The van der Waals surface area contributed by atoms with E-state index in [0.29, 0.717) is 11.4 Å². The van der Waals surface area contributed by atoms with Crippen LogP contribution in [-0.4, -0.2) is 4.98 Å². The lowest BCUT2D eigenvalue weighted by Crippen LogP contribution is -1.87. The van der Waals surface area contributed by atoms with Gasteiger partial charge in [0.1, 0.15) is 5.69 Å². The van der Waals surface area contributed by atoms with Gasteiger partial charge in [0.05, 0.1) is 5.01 Å². The van der Waals surface area contributed by atoms with Gasteiger partial charge < -0.3 is 0 Å². The summed E-state index contributed by atoms with van der Waals surface area (Å²) >= 11 is 0.925. The Morgan fingerprint density at radius 3 is 2.50 bits per heavy atom. The molecular formula is C11H8F3NS. The van der Waals surface area contributed by atoms with Crippen LogP contribution in [0.25, 0.3) is 11.3 Å². The average Bonchev–Trinajstić information content (AvgIpc) is 2.64.